The number of benzene rings is 2. The molecule has 0 radical (unpaired) electrons. The normalized spacial score (nSPS) is 13.1. The van der Waals surface area contributed by atoms with Gasteiger partial charge in [0.1, 0.15) is 11.5 Å². The SMILES string of the molecule is COc1ccccc1NC(=O)COc1cccc2c1CCCC2. The molecule has 1 N–H and O–H groups in total. The highest BCUT2D eigenvalue weighted by atomic mass is 16.5. The Balaban J connectivity index is 1.63. The first-order valence-corrected chi connectivity index (χ1v) is 7.94. The van der Waals surface area contributed by atoms with E-state index >= 15 is 0 Å². The molecule has 120 valence electrons. The monoisotopic (exact) mass is 311 g/mol. The number of aryl methyl sites for hydroxylation is 1. The predicted molar refractivity (Wildman–Crippen MR) is 90.2 cm³/mol. The Hall–Kier alpha value is -2.49. The molecule has 1 amide bonds. The van der Waals surface area contributed by atoms with Gasteiger partial charge in [0.2, 0.25) is 0 Å². The first-order chi connectivity index (χ1) is 11.3. The summed E-state index contributed by atoms with van der Waals surface area (Å²) in [4.78, 5) is 12.1. The number of para-hydroxylation sites is 2. The molecule has 1 aliphatic rings. The van der Waals surface area contributed by atoms with Crippen molar-refractivity contribution >= 4 is 11.6 Å². The van der Waals surface area contributed by atoms with Crippen LogP contribution in [0.3, 0.4) is 0 Å². The van der Waals surface area contributed by atoms with Crippen molar-refractivity contribution in [1.82, 2.24) is 0 Å². The molecule has 0 saturated carbocycles. The van der Waals surface area contributed by atoms with Crippen LogP contribution in [0.5, 0.6) is 11.5 Å². The van der Waals surface area contributed by atoms with E-state index in [1.165, 1.54) is 24.0 Å². The van der Waals surface area contributed by atoms with E-state index in [0.29, 0.717) is 11.4 Å². The zero-order valence-corrected chi connectivity index (χ0v) is 13.3. The molecule has 4 heteroatoms. The summed E-state index contributed by atoms with van der Waals surface area (Å²) in [5.41, 5.74) is 3.25. The van der Waals surface area contributed by atoms with Crippen LogP contribution in [0, 0.1) is 0 Å². The molecule has 0 bridgehead atoms. The molecule has 0 spiro atoms. The minimum Gasteiger partial charge on any atom is -0.495 e. The minimum atomic E-state index is -0.192. The van der Waals surface area contributed by atoms with Crippen molar-refractivity contribution in [3.63, 3.8) is 0 Å². The molecule has 0 fully saturated rings. The lowest BCUT2D eigenvalue weighted by Gasteiger charge is -2.19. The molecular weight excluding hydrogens is 290 g/mol. The summed E-state index contributed by atoms with van der Waals surface area (Å²) < 4.78 is 11.0. The maximum atomic E-state index is 12.1. The molecule has 1 aliphatic carbocycles. The first kappa shape index (κ1) is 15.4. The number of amides is 1. The van der Waals surface area contributed by atoms with Crippen LogP contribution in [0.25, 0.3) is 0 Å². The standard InChI is InChI=1S/C19H21NO3/c1-22-18-11-5-4-10-16(18)20-19(21)13-23-17-12-6-8-14-7-2-3-9-15(14)17/h4-6,8,10-12H,2-3,7,9,13H2,1H3,(H,20,21). The van der Waals surface area contributed by atoms with Crippen LogP contribution in [0.1, 0.15) is 24.0 Å². The lowest BCUT2D eigenvalue weighted by Crippen LogP contribution is -2.21. The molecule has 0 saturated heterocycles. The molecule has 0 heterocycles. The summed E-state index contributed by atoms with van der Waals surface area (Å²) >= 11 is 0. The van der Waals surface area contributed by atoms with Crippen LogP contribution in [-0.4, -0.2) is 19.6 Å². The number of anilines is 1. The van der Waals surface area contributed by atoms with Crippen molar-refractivity contribution in [2.24, 2.45) is 0 Å². The summed E-state index contributed by atoms with van der Waals surface area (Å²) in [5, 5.41) is 2.82. The molecule has 23 heavy (non-hydrogen) atoms. The molecular formula is C19H21NO3. The number of fused-ring (bicyclic) bond motifs is 1. The summed E-state index contributed by atoms with van der Waals surface area (Å²) in [7, 11) is 1.58. The number of carbonyl (C=O) groups is 1. The third kappa shape index (κ3) is 3.65. The fourth-order valence-corrected chi connectivity index (χ4v) is 2.96. The number of hydrogen-bond donors (Lipinski definition) is 1. The van der Waals surface area contributed by atoms with Gasteiger partial charge in [-0.05, 0) is 55.0 Å². The minimum absolute atomic E-state index is 0.00545. The Morgan fingerprint density at radius 1 is 1.04 bits per heavy atom. The summed E-state index contributed by atoms with van der Waals surface area (Å²) in [6.45, 7) is -0.00545. The van der Waals surface area contributed by atoms with E-state index in [-0.39, 0.29) is 12.5 Å². The van der Waals surface area contributed by atoms with Gasteiger partial charge in [-0.25, -0.2) is 0 Å². The van der Waals surface area contributed by atoms with Gasteiger partial charge in [-0.2, -0.15) is 0 Å². The van der Waals surface area contributed by atoms with Gasteiger partial charge in [-0.3, -0.25) is 4.79 Å². The highest BCUT2D eigenvalue weighted by Gasteiger charge is 2.15. The van der Waals surface area contributed by atoms with Crippen molar-refractivity contribution in [2.45, 2.75) is 25.7 Å². The van der Waals surface area contributed by atoms with Gasteiger partial charge in [-0.15, -0.1) is 0 Å². The Kier molecular flexibility index (Phi) is 4.81. The molecule has 0 aromatic heterocycles. The van der Waals surface area contributed by atoms with E-state index in [2.05, 4.69) is 11.4 Å². The average Bonchev–Trinajstić information content (AvgIpc) is 2.60. The van der Waals surface area contributed by atoms with E-state index in [0.717, 1.165) is 18.6 Å². The Labute approximate surface area is 136 Å². The molecule has 0 aliphatic heterocycles. The van der Waals surface area contributed by atoms with Gasteiger partial charge in [0.15, 0.2) is 6.61 Å². The number of rotatable bonds is 5. The number of hydrogen-bond acceptors (Lipinski definition) is 3. The van der Waals surface area contributed by atoms with Crippen molar-refractivity contribution in [3.8, 4) is 11.5 Å². The van der Waals surface area contributed by atoms with E-state index in [9.17, 15) is 4.79 Å². The predicted octanol–water partition coefficient (Wildman–Crippen LogP) is 3.59. The Morgan fingerprint density at radius 2 is 1.83 bits per heavy atom. The van der Waals surface area contributed by atoms with E-state index < -0.39 is 0 Å². The summed E-state index contributed by atoms with van der Waals surface area (Å²) in [5.74, 6) is 1.28. The van der Waals surface area contributed by atoms with E-state index in [1.807, 2.05) is 30.3 Å². The number of ether oxygens (including phenoxy) is 2. The zero-order valence-electron chi connectivity index (χ0n) is 13.3. The Bertz CT molecular complexity index is 697. The Morgan fingerprint density at radius 3 is 2.70 bits per heavy atom. The van der Waals surface area contributed by atoms with Gasteiger partial charge in [0.25, 0.3) is 5.91 Å². The quantitative estimate of drug-likeness (QED) is 0.918. The van der Waals surface area contributed by atoms with Crippen molar-refractivity contribution in [2.75, 3.05) is 19.0 Å². The van der Waals surface area contributed by atoms with Crippen LogP contribution in [0.15, 0.2) is 42.5 Å². The molecule has 4 nitrogen and oxygen atoms in total. The lowest BCUT2D eigenvalue weighted by atomic mass is 9.91. The second kappa shape index (κ2) is 7.18. The third-order valence-corrected chi connectivity index (χ3v) is 4.09. The number of methoxy groups -OCH3 is 1. The molecule has 2 aromatic rings. The van der Waals surface area contributed by atoms with Crippen LogP contribution < -0.4 is 14.8 Å². The molecule has 2 aromatic carbocycles. The number of carbonyl (C=O) groups excluding carboxylic acids is 1. The zero-order chi connectivity index (χ0) is 16.1. The molecule has 3 rings (SSSR count). The van der Waals surface area contributed by atoms with Gasteiger partial charge in [0.05, 0.1) is 12.8 Å². The smallest absolute Gasteiger partial charge is 0.262 e. The second-order valence-corrected chi connectivity index (χ2v) is 5.64. The van der Waals surface area contributed by atoms with Gasteiger partial charge >= 0.3 is 0 Å². The largest absolute Gasteiger partial charge is 0.495 e. The van der Waals surface area contributed by atoms with Gasteiger partial charge in [-0.1, -0.05) is 24.3 Å². The summed E-state index contributed by atoms with van der Waals surface area (Å²) in [6, 6.07) is 13.4. The van der Waals surface area contributed by atoms with Crippen molar-refractivity contribution < 1.29 is 14.3 Å². The van der Waals surface area contributed by atoms with Crippen LogP contribution in [-0.2, 0) is 17.6 Å². The van der Waals surface area contributed by atoms with Gasteiger partial charge in [0, 0.05) is 0 Å². The highest BCUT2D eigenvalue weighted by Crippen LogP contribution is 2.29. The van der Waals surface area contributed by atoms with Crippen LogP contribution >= 0.6 is 0 Å². The lowest BCUT2D eigenvalue weighted by molar-refractivity contribution is -0.118. The maximum Gasteiger partial charge on any atom is 0.262 e. The van der Waals surface area contributed by atoms with Gasteiger partial charge < -0.3 is 14.8 Å². The second-order valence-electron chi connectivity index (χ2n) is 5.64. The van der Waals surface area contributed by atoms with E-state index in [4.69, 9.17) is 9.47 Å². The molecule has 0 unspecified atom stereocenters. The van der Waals surface area contributed by atoms with Crippen molar-refractivity contribution in [3.05, 3.63) is 53.6 Å². The number of nitrogens with one attached hydrogen (secondary N) is 1. The van der Waals surface area contributed by atoms with Crippen LogP contribution in [0.2, 0.25) is 0 Å². The van der Waals surface area contributed by atoms with Crippen LogP contribution in [0.4, 0.5) is 5.69 Å². The first-order valence-electron chi connectivity index (χ1n) is 7.94. The topological polar surface area (TPSA) is 47.6 Å². The highest BCUT2D eigenvalue weighted by molar-refractivity contribution is 5.93. The van der Waals surface area contributed by atoms with E-state index in [1.54, 1.807) is 13.2 Å². The maximum absolute atomic E-state index is 12.1. The fraction of sp³-hybridized carbons (Fsp3) is 0.316. The third-order valence-electron chi connectivity index (χ3n) is 4.09. The average molecular weight is 311 g/mol. The van der Waals surface area contributed by atoms with Crippen molar-refractivity contribution in [1.29, 1.82) is 0 Å². The molecule has 0 atom stereocenters. The summed E-state index contributed by atoms with van der Waals surface area (Å²) in [6.07, 6.45) is 4.53. The fourth-order valence-electron chi connectivity index (χ4n) is 2.96.